The molecule has 1 saturated heterocycles. The van der Waals surface area contributed by atoms with Gasteiger partial charge in [0.1, 0.15) is 29.0 Å². The Hall–Kier alpha value is -3.49. The maximum Gasteiger partial charge on any atom is 0.354 e. The van der Waals surface area contributed by atoms with Gasteiger partial charge in [0, 0.05) is 17.6 Å². The van der Waals surface area contributed by atoms with Crippen molar-refractivity contribution in [2.24, 2.45) is 7.05 Å². The normalized spacial score (nSPS) is 18.3. The van der Waals surface area contributed by atoms with Crippen molar-refractivity contribution in [3.05, 3.63) is 87.6 Å². The van der Waals surface area contributed by atoms with E-state index >= 15 is 0 Å². The molecule has 7 nitrogen and oxygen atoms in total. The highest BCUT2D eigenvalue weighted by Gasteiger charge is 2.29. The van der Waals surface area contributed by atoms with Gasteiger partial charge in [-0.15, -0.1) is 0 Å². The molecule has 6 rings (SSSR count). The molecule has 2 aliphatic rings. The van der Waals surface area contributed by atoms with E-state index in [9.17, 15) is 14.3 Å². The minimum absolute atomic E-state index is 0.0210. The Balaban J connectivity index is 1.13. The van der Waals surface area contributed by atoms with E-state index in [-0.39, 0.29) is 17.6 Å². The summed E-state index contributed by atoms with van der Waals surface area (Å²) in [5, 5.41) is 9.64. The third-order valence-corrected chi connectivity index (χ3v) is 8.06. The molecule has 4 heterocycles. The van der Waals surface area contributed by atoms with Crippen LogP contribution in [0.1, 0.15) is 64.3 Å². The van der Waals surface area contributed by atoms with Crippen LogP contribution in [-0.4, -0.2) is 43.6 Å². The Morgan fingerprint density at radius 1 is 1.11 bits per heavy atom. The fourth-order valence-corrected chi connectivity index (χ4v) is 5.95. The summed E-state index contributed by atoms with van der Waals surface area (Å²) in [6.45, 7) is 2.56. The molecule has 0 spiro atoms. The smallest absolute Gasteiger partial charge is 0.354 e. The number of imidazole rings is 1. The number of aryl methyl sites for hydroxylation is 1. The van der Waals surface area contributed by atoms with E-state index in [1.165, 1.54) is 23.3 Å². The second-order valence-corrected chi connectivity index (χ2v) is 10.6. The van der Waals surface area contributed by atoms with Gasteiger partial charge in [0.05, 0.1) is 6.54 Å². The lowest BCUT2D eigenvalue weighted by Crippen LogP contribution is -2.33. The van der Waals surface area contributed by atoms with Crippen LogP contribution in [0.15, 0.2) is 48.5 Å². The number of pyridine rings is 1. The Bertz CT molecular complexity index is 1530. The highest BCUT2D eigenvalue weighted by atomic mass is 35.5. The third-order valence-electron chi connectivity index (χ3n) is 7.82. The van der Waals surface area contributed by atoms with Gasteiger partial charge in [-0.1, -0.05) is 29.8 Å². The second kappa shape index (κ2) is 10.0. The number of nitrogens with zero attached hydrogens (tertiary/aromatic N) is 4. The fraction of sp³-hybridized carbons (Fsp3) is 0.345. The number of aromatic carboxylic acids is 1. The summed E-state index contributed by atoms with van der Waals surface area (Å²) < 4.78 is 22.7. The molecule has 1 N–H and O–H groups in total. The molecule has 2 aromatic heterocycles. The number of ether oxygens (including phenoxy) is 1. The largest absolute Gasteiger partial charge is 0.485 e. The first-order valence-electron chi connectivity index (χ1n) is 12.9. The van der Waals surface area contributed by atoms with Crippen LogP contribution in [0, 0.1) is 5.82 Å². The summed E-state index contributed by atoms with van der Waals surface area (Å²) in [4.78, 5) is 22.6. The zero-order valence-electron chi connectivity index (χ0n) is 21.0. The van der Waals surface area contributed by atoms with Gasteiger partial charge in [-0.3, -0.25) is 4.90 Å². The second-order valence-electron chi connectivity index (χ2n) is 10.1. The van der Waals surface area contributed by atoms with E-state index in [2.05, 4.69) is 16.0 Å². The predicted octanol–water partition coefficient (Wildman–Crippen LogP) is 5.90. The number of carboxylic acids is 1. The van der Waals surface area contributed by atoms with Gasteiger partial charge in [-0.25, -0.2) is 19.2 Å². The molecule has 0 amide bonds. The Morgan fingerprint density at radius 2 is 1.92 bits per heavy atom. The number of benzene rings is 2. The third kappa shape index (κ3) is 4.63. The van der Waals surface area contributed by atoms with Gasteiger partial charge in [0.15, 0.2) is 11.3 Å². The number of halogens is 2. The van der Waals surface area contributed by atoms with Crippen LogP contribution in [-0.2, 0) is 20.0 Å². The molecule has 2 aromatic carbocycles. The summed E-state index contributed by atoms with van der Waals surface area (Å²) in [7, 11) is 1.88. The van der Waals surface area contributed by atoms with Crippen LogP contribution in [0.3, 0.4) is 0 Å². The SMILES string of the molecule is Cn1c(CN2CCC(c3cccc4c3CCC(c3ccc(Cl)cc3F)O4)CC2)nc2ccc(C(=O)O)nc21. The molecule has 38 heavy (non-hydrogen) atoms. The van der Waals surface area contributed by atoms with Crippen molar-refractivity contribution < 1.29 is 19.0 Å². The van der Waals surface area contributed by atoms with Gasteiger partial charge < -0.3 is 14.4 Å². The van der Waals surface area contributed by atoms with E-state index in [1.54, 1.807) is 18.2 Å². The van der Waals surface area contributed by atoms with E-state index < -0.39 is 5.97 Å². The molecule has 4 aromatic rings. The number of rotatable bonds is 5. The number of aromatic nitrogens is 3. The number of carboxylic acid groups (broad SMARTS) is 1. The van der Waals surface area contributed by atoms with Crippen LogP contribution in [0.25, 0.3) is 11.2 Å². The van der Waals surface area contributed by atoms with Crippen LogP contribution < -0.4 is 4.74 Å². The average Bonchev–Trinajstić information content (AvgIpc) is 3.22. The molecule has 0 saturated carbocycles. The van der Waals surface area contributed by atoms with E-state index in [0.717, 1.165) is 50.3 Å². The lowest BCUT2D eigenvalue weighted by Gasteiger charge is -2.34. The molecule has 196 valence electrons. The molecule has 1 unspecified atom stereocenters. The first-order chi connectivity index (χ1) is 18.4. The molecule has 0 radical (unpaired) electrons. The van der Waals surface area contributed by atoms with Crippen LogP contribution >= 0.6 is 11.6 Å². The van der Waals surface area contributed by atoms with Gasteiger partial charge in [0.2, 0.25) is 0 Å². The number of hydrogen-bond acceptors (Lipinski definition) is 5. The minimum Gasteiger partial charge on any atom is -0.485 e. The van der Waals surface area contributed by atoms with Crippen molar-refractivity contribution in [3.8, 4) is 5.75 Å². The molecule has 9 heteroatoms. The van der Waals surface area contributed by atoms with Crippen molar-refractivity contribution in [2.75, 3.05) is 13.1 Å². The van der Waals surface area contributed by atoms with Crippen molar-refractivity contribution >= 4 is 28.7 Å². The van der Waals surface area contributed by atoms with Crippen molar-refractivity contribution in [3.63, 3.8) is 0 Å². The molecule has 0 aliphatic carbocycles. The summed E-state index contributed by atoms with van der Waals surface area (Å²) in [5.74, 6) is 0.794. The first kappa shape index (κ1) is 24.8. The number of fused-ring (bicyclic) bond motifs is 2. The molecule has 1 atom stereocenters. The monoisotopic (exact) mass is 534 g/mol. The summed E-state index contributed by atoms with van der Waals surface area (Å²) in [6, 6.07) is 14.2. The first-order valence-corrected chi connectivity index (χ1v) is 13.3. The van der Waals surface area contributed by atoms with E-state index in [0.29, 0.717) is 34.2 Å². The summed E-state index contributed by atoms with van der Waals surface area (Å²) in [5.41, 5.74) is 4.44. The van der Waals surface area contributed by atoms with E-state index in [4.69, 9.17) is 21.3 Å². The van der Waals surface area contributed by atoms with Crippen LogP contribution in [0.4, 0.5) is 4.39 Å². The van der Waals surface area contributed by atoms with Gasteiger partial charge in [-0.2, -0.15) is 0 Å². The summed E-state index contributed by atoms with van der Waals surface area (Å²) >= 11 is 5.93. The number of carbonyl (C=O) groups is 1. The van der Waals surface area contributed by atoms with Gasteiger partial charge in [-0.05, 0) is 86.1 Å². The maximum absolute atomic E-state index is 14.5. The standard InChI is InChI=1S/C29H28ClFN4O3/c1-34-27(32-23-8-9-24(29(36)37)33-28(23)34)16-35-13-11-17(12-14-35)19-3-2-4-25-20(19)7-10-26(38-25)21-6-5-18(30)15-22(21)31/h2-6,8-9,15,17,26H,7,10-14,16H2,1H3,(H,36,37). The van der Waals surface area contributed by atoms with Crippen molar-refractivity contribution in [1.82, 2.24) is 19.4 Å². The number of piperidine rings is 1. The molecule has 2 aliphatic heterocycles. The van der Waals surface area contributed by atoms with Crippen molar-refractivity contribution in [1.29, 1.82) is 0 Å². The van der Waals surface area contributed by atoms with Crippen LogP contribution in [0.5, 0.6) is 5.75 Å². The summed E-state index contributed by atoms with van der Waals surface area (Å²) in [6.07, 6.45) is 3.31. The zero-order valence-corrected chi connectivity index (χ0v) is 21.8. The molecular formula is C29H28ClFN4O3. The molecule has 0 bridgehead atoms. The predicted molar refractivity (Wildman–Crippen MR) is 142 cm³/mol. The van der Waals surface area contributed by atoms with Gasteiger partial charge in [0.25, 0.3) is 0 Å². The Morgan fingerprint density at radius 3 is 2.68 bits per heavy atom. The Labute approximate surface area is 224 Å². The lowest BCUT2D eigenvalue weighted by molar-refractivity contribution is 0.0691. The number of likely N-dealkylation sites (tertiary alicyclic amines) is 1. The quantitative estimate of drug-likeness (QED) is 0.343. The van der Waals surface area contributed by atoms with E-state index in [1.807, 2.05) is 23.7 Å². The molecule has 1 fully saturated rings. The fourth-order valence-electron chi connectivity index (χ4n) is 5.79. The average molecular weight is 535 g/mol. The zero-order chi connectivity index (χ0) is 26.4. The molecular weight excluding hydrogens is 507 g/mol. The minimum atomic E-state index is -1.04. The maximum atomic E-state index is 14.5. The number of hydrogen-bond donors (Lipinski definition) is 1. The van der Waals surface area contributed by atoms with Gasteiger partial charge >= 0.3 is 5.97 Å². The highest BCUT2D eigenvalue weighted by Crippen LogP contribution is 2.41. The highest BCUT2D eigenvalue weighted by molar-refractivity contribution is 6.30. The Kier molecular flexibility index (Phi) is 6.53. The van der Waals surface area contributed by atoms with Crippen LogP contribution in [0.2, 0.25) is 5.02 Å². The topological polar surface area (TPSA) is 80.5 Å². The van der Waals surface area contributed by atoms with Crippen molar-refractivity contribution in [2.45, 2.75) is 44.2 Å². The lowest BCUT2D eigenvalue weighted by atomic mass is 9.83.